The van der Waals surface area contributed by atoms with Crippen LogP contribution in [0.1, 0.15) is 28.5 Å². The van der Waals surface area contributed by atoms with Crippen LogP contribution < -0.4 is 18.9 Å². The lowest BCUT2D eigenvalue weighted by Gasteiger charge is -2.34. The van der Waals surface area contributed by atoms with Crippen LogP contribution in [0.2, 0.25) is 0 Å². The predicted octanol–water partition coefficient (Wildman–Crippen LogP) is 2.48. The molecule has 7 rings (SSSR count). The molecule has 4 aliphatic heterocycles. The quantitative estimate of drug-likeness (QED) is 0.727. The topological polar surface area (TPSA) is 49.4 Å². The highest BCUT2D eigenvalue weighted by Crippen LogP contribution is 2.61. The van der Waals surface area contributed by atoms with Gasteiger partial charge in [0.2, 0.25) is 13.6 Å². The van der Waals surface area contributed by atoms with Crippen LogP contribution in [-0.2, 0) is 23.2 Å². The van der Waals surface area contributed by atoms with Crippen LogP contribution in [0.3, 0.4) is 0 Å². The molecule has 0 N–H and O–H groups in total. The lowest BCUT2D eigenvalue weighted by molar-refractivity contribution is -0.0742. The van der Waals surface area contributed by atoms with E-state index in [4.69, 9.17) is 23.7 Å². The number of nitrogens with zero attached hydrogens (tertiary/aromatic N) is 1. The van der Waals surface area contributed by atoms with E-state index in [2.05, 4.69) is 30.1 Å². The van der Waals surface area contributed by atoms with E-state index in [9.17, 15) is 0 Å². The van der Waals surface area contributed by atoms with Crippen molar-refractivity contribution in [2.75, 3.05) is 20.6 Å². The Morgan fingerprint density at radius 2 is 1.77 bits per heavy atom. The van der Waals surface area contributed by atoms with Gasteiger partial charge in [0.25, 0.3) is 0 Å². The number of ether oxygens (including phenoxy) is 5. The van der Waals surface area contributed by atoms with E-state index in [1.54, 1.807) is 0 Å². The molecule has 26 heavy (non-hydrogen) atoms. The van der Waals surface area contributed by atoms with Crippen LogP contribution >= 0.6 is 0 Å². The molecule has 0 amide bonds. The summed E-state index contributed by atoms with van der Waals surface area (Å²) in [6.07, 6.45) is 1.67. The predicted molar refractivity (Wildman–Crippen MR) is 89.6 cm³/mol. The molecular formula is C20H17NO5. The third-order valence-electron chi connectivity index (χ3n) is 6.56. The second kappa shape index (κ2) is 4.27. The third kappa shape index (κ3) is 1.40. The molecule has 5 aliphatic rings. The highest BCUT2D eigenvalue weighted by Gasteiger charge is 2.61. The van der Waals surface area contributed by atoms with Gasteiger partial charge in [-0.15, -0.1) is 0 Å². The van der Waals surface area contributed by atoms with Gasteiger partial charge < -0.3 is 23.7 Å². The van der Waals surface area contributed by atoms with Crippen molar-refractivity contribution in [2.45, 2.75) is 30.7 Å². The minimum Gasteiger partial charge on any atom is -0.454 e. The summed E-state index contributed by atoms with van der Waals surface area (Å²) in [6, 6.07) is 8.74. The Balaban J connectivity index is 1.44. The molecule has 2 aromatic carbocycles. The molecule has 2 bridgehead atoms. The van der Waals surface area contributed by atoms with Gasteiger partial charge in [-0.3, -0.25) is 4.90 Å². The summed E-state index contributed by atoms with van der Waals surface area (Å²) < 4.78 is 29.3. The summed E-state index contributed by atoms with van der Waals surface area (Å²) in [4.78, 5) is 2.35. The summed E-state index contributed by atoms with van der Waals surface area (Å²) in [5, 5.41) is 0. The summed E-state index contributed by atoms with van der Waals surface area (Å²) in [5.41, 5.74) is 4.62. The van der Waals surface area contributed by atoms with Gasteiger partial charge in [-0.05, 0) is 48.4 Å². The van der Waals surface area contributed by atoms with E-state index < -0.39 is 0 Å². The van der Waals surface area contributed by atoms with Crippen molar-refractivity contribution in [3.8, 4) is 23.0 Å². The Labute approximate surface area is 150 Å². The Bertz CT molecular complexity index is 989. The number of hydrogen-bond acceptors (Lipinski definition) is 6. The number of rotatable bonds is 0. The lowest BCUT2D eigenvalue weighted by Crippen LogP contribution is -2.39. The molecule has 2 unspecified atom stereocenters. The second-order valence-corrected chi connectivity index (χ2v) is 7.66. The molecule has 1 aliphatic carbocycles. The molecule has 0 saturated carbocycles. The van der Waals surface area contributed by atoms with E-state index >= 15 is 0 Å². The normalized spacial score (nSPS) is 31.7. The maximum Gasteiger partial charge on any atom is 0.231 e. The second-order valence-electron chi connectivity index (χ2n) is 7.66. The van der Waals surface area contributed by atoms with Crippen molar-refractivity contribution in [3.05, 3.63) is 46.5 Å². The molecular weight excluding hydrogens is 334 g/mol. The van der Waals surface area contributed by atoms with Crippen LogP contribution in [0.5, 0.6) is 23.0 Å². The van der Waals surface area contributed by atoms with Gasteiger partial charge in [-0.1, -0.05) is 6.07 Å². The fourth-order valence-electron chi connectivity index (χ4n) is 5.42. The standard InChI is InChI=1S/C20H17NO5/c1-21-16-5-11-4-14-15(24-8-23-14)6-12(11)20(16)7-10-2-3-13-18(25-9-22-13)17(10)19(21)26-20/h2-4,6,16,19H,5,7-9H2,1H3/t16?,19-,20?/m0/s1. The van der Waals surface area contributed by atoms with Crippen molar-refractivity contribution in [2.24, 2.45) is 0 Å². The fourth-order valence-corrected chi connectivity index (χ4v) is 5.42. The summed E-state index contributed by atoms with van der Waals surface area (Å²) in [6.45, 7) is 0.577. The van der Waals surface area contributed by atoms with Gasteiger partial charge >= 0.3 is 0 Å². The molecule has 1 spiro atoms. The number of hydrogen-bond donors (Lipinski definition) is 0. The minimum absolute atomic E-state index is 0.112. The van der Waals surface area contributed by atoms with Gasteiger partial charge in [0.05, 0.1) is 0 Å². The van der Waals surface area contributed by atoms with Crippen LogP contribution in [-0.4, -0.2) is 31.6 Å². The van der Waals surface area contributed by atoms with Crippen molar-refractivity contribution in [1.29, 1.82) is 0 Å². The molecule has 1 saturated heterocycles. The van der Waals surface area contributed by atoms with Crippen molar-refractivity contribution in [3.63, 3.8) is 0 Å². The zero-order chi connectivity index (χ0) is 17.0. The van der Waals surface area contributed by atoms with Crippen LogP contribution in [0.25, 0.3) is 0 Å². The Morgan fingerprint density at radius 1 is 0.962 bits per heavy atom. The first-order valence-electron chi connectivity index (χ1n) is 8.99. The average Bonchev–Trinajstić information content (AvgIpc) is 3.39. The Hall–Kier alpha value is -2.44. The maximum absolute atomic E-state index is 6.75. The van der Waals surface area contributed by atoms with Gasteiger partial charge in [-0.25, -0.2) is 0 Å². The van der Waals surface area contributed by atoms with Crippen LogP contribution in [0.15, 0.2) is 24.3 Å². The summed E-state index contributed by atoms with van der Waals surface area (Å²) in [7, 11) is 2.15. The average molecular weight is 351 g/mol. The van der Waals surface area contributed by atoms with Crippen molar-refractivity contribution >= 4 is 0 Å². The zero-order valence-electron chi connectivity index (χ0n) is 14.3. The maximum atomic E-state index is 6.75. The Kier molecular flexibility index (Phi) is 2.25. The van der Waals surface area contributed by atoms with Gasteiger partial charge in [0, 0.05) is 18.0 Å². The van der Waals surface area contributed by atoms with Crippen molar-refractivity contribution < 1.29 is 23.7 Å². The van der Waals surface area contributed by atoms with Gasteiger partial charge in [0.1, 0.15) is 11.8 Å². The largest absolute Gasteiger partial charge is 0.454 e. The van der Waals surface area contributed by atoms with Gasteiger partial charge in [-0.2, -0.15) is 0 Å². The van der Waals surface area contributed by atoms with Gasteiger partial charge in [0.15, 0.2) is 23.0 Å². The highest BCUT2D eigenvalue weighted by molar-refractivity contribution is 5.59. The fraction of sp³-hybridized carbons (Fsp3) is 0.400. The van der Waals surface area contributed by atoms with E-state index in [1.807, 2.05) is 6.07 Å². The molecule has 3 atom stereocenters. The SMILES string of the molecule is CN1C2Cc3cc4c(cc3C23Cc2ccc5c(c2[C@@H]1O3)OCO5)OCO4. The first-order chi connectivity index (χ1) is 12.7. The van der Waals surface area contributed by atoms with E-state index in [0.29, 0.717) is 6.79 Å². The summed E-state index contributed by atoms with van der Waals surface area (Å²) in [5.74, 6) is 3.33. The monoisotopic (exact) mass is 351 g/mol. The molecule has 1 fully saturated rings. The molecule has 0 radical (unpaired) electrons. The first-order valence-corrected chi connectivity index (χ1v) is 8.99. The molecule has 4 heterocycles. The number of likely N-dealkylation sites (N-methyl/N-ethyl adjacent to an activating group) is 1. The lowest BCUT2D eigenvalue weighted by atomic mass is 9.83. The van der Waals surface area contributed by atoms with E-state index in [1.165, 1.54) is 16.7 Å². The first kappa shape index (κ1) is 13.7. The number of benzene rings is 2. The molecule has 6 heteroatoms. The molecule has 6 nitrogen and oxygen atoms in total. The smallest absolute Gasteiger partial charge is 0.231 e. The van der Waals surface area contributed by atoms with Crippen molar-refractivity contribution in [1.82, 2.24) is 4.90 Å². The zero-order valence-corrected chi connectivity index (χ0v) is 14.3. The van der Waals surface area contributed by atoms with E-state index in [-0.39, 0.29) is 24.7 Å². The molecule has 2 aromatic rings. The molecule has 0 aromatic heterocycles. The van der Waals surface area contributed by atoms with Crippen LogP contribution in [0.4, 0.5) is 0 Å². The third-order valence-corrected chi connectivity index (χ3v) is 6.56. The molecule has 132 valence electrons. The highest BCUT2D eigenvalue weighted by atomic mass is 16.7. The Morgan fingerprint density at radius 3 is 2.69 bits per heavy atom. The van der Waals surface area contributed by atoms with Crippen LogP contribution in [0, 0.1) is 0 Å². The number of fused-ring (bicyclic) bond motifs is 7. The summed E-state index contributed by atoms with van der Waals surface area (Å²) >= 11 is 0. The van der Waals surface area contributed by atoms with E-state index in [0.717, 1.165) is 41.4 Å². The minimum atomic E-state index is -0.337.